The Morgan fingerprint density at radius 2 is 1.72 bits per heavy atom. The molecule has 0 fully saturated rings. The van der Waals surface area contributed by atoms with Crippen LogP contribution in [0.5, 0.6) is 11.5 Å². The fourth-order valence-electron chi connectivity index (χ4n) is 2.59. The van der Waals surface area contributed by atoms with Crippen LogP contribution in [-0.4, -0.2) is 33.2 Å². The molecule has 0 saturated heterocycles. The summed E-state index contributed by atoms with van der Waals surface area (Å²) in [6.45, 7) is 3.57. The Kier molecular flexibility index (Phi) is 7.29. The third-order valence-electron chi connectivity index (χ3n) is 3.87. The molecule has 5 nitrogen and oxygen atoms in total. The average Bonchev–Trinajstić information content (AvgIpc) is 2.66. The van der Waals surface area contributed by atoms with E-state index in [0.29, 0.717) is 24.6 Å². The molecular formula is C20H26N2O3. The van der Waals surface area contributed by atoms with E-state index < -0.39 is 0 Å². The van der Waals surface area contributed by atoms with Crippen LogP contribution in [0.2, 0.25) is 0 Å². The monoisotopic (exact) mass is 342 g/mol. The van der Waals surface area contributed by atoms with Crippen LogP contribution in [0.15, 0.2) is 42.5 Å². The van der Waals surface area contributed by atoms with E-state index in [1.165, 1.54) is 0 Å². The fraction of sp³-hybridized carbons (Fsp3) is 0.350. The number of rotatable bonds is 9. The molecule has 1 amide bonds. The van der Waals surface area contributed by atoms with Gasteiger partial charge in [-0.15, -0.1) is 0 Å². The Hall–Kier alpha value is -2.53. The molecule has 2 aromatic rings. The first-order chi connectivity index (χ1) is 12.2. The zero-order valence-corrected chi connectivity index (χ0v) is 15.1. The van der Waals surface area contributed by atoms with Gasteiger partial charge in [-0.3, -0.25) is 4.79 Å². The normalized spacial score (nSPS) is 10.4. The lowest BCUT2D eigenvalue weighted by Gasteiger charge is -2.16. The van der Waals surface area contributed by atoms with Gasteiger partial charge in [0.15, 0.2) is 11.5 Å². The summed E-state index contributed by atoms with van der Waals surface area (Å²) in [7, 11) is 3.25. The van der Waals surface area contributed by atoms with Gasteiger partial charge in [0.1, 0.15) is 0 Å². The van der Waals surface area contributed by atoms with Gasteiger partial charge in [0, 0.05) is 13.1 Å². The van der Waals surface area contributed by atoms with Crippen LogP contribution in [0.3, 0.4) is 0 Å². The number of hydrogen-bond donors (Lipinski definition) is 2. The van der Waals surface area contributed by atoms with Gasteiger partial charge in [-0.05, 0) is 35.2 Å². The van der Waals surface area contributed by atoms with Gasteiger partial charge in [0.2, 0.25) is 5.91 Å². The second-order valence-electron chi connectivity index (χ2n) is 5.68. The highest BCUT2D eigenvalue weighted by molar-refractivity contribution is 5.78. The molecule has 134 valence electrons. The summed E-state index contributed by atoms with van der Waals surface area (Å²) in [6, 6.07) is 14.0. The Morgan fingerprint density at radius 1 is 1.04 bits per heavy atom. The van der Waals surface area contributed by atoms with Gasteiger partial charge in [-0.2, -0.15) is 0 Å². The number of nitrogens with one attached hydrogen (secondary N) is 2. The maximum atomic E-state index is 11.8. The van der Waals surface area contributed by atoms with E-state index in [-0.39, 0.29) is 12.5 Å². The van der Waals surface area contributed by atoms with Crippen molar-refractivity contribution in [1.29, 1.82) is 0 Å². The van der Waals surface area contributed by atoms with Crippen molar-refractivity contribution in [2.45, 2.75) is 19.9 Å². The number of carbonyl (C=O) groups is 1. The summed E-state index contributed by atoms with van der Waals surface area (Å²) in [6.07, 6.45) is 0.930. The first-order valence-corrected chi connectivity index (χ1v) is 8.47. The van der Waals surface area contributed by atoms with Crippen molar-refractivity contribution in [1.82, 2.24) is 10.6 Å². The van der Waals surface area contributed by atoms with E-state index in [1.807, 2.05) is 37.3 Å². The molecule has 2 N–H and O–H groups in total. The predicted octanol–water partition coefficient (Wildman–Crippen LogP) is 2.99. The first-order valence-electron chi connectivity index (χ1n) is 8.47. The molecule has 2 rings (SSSR count). The number of benzene rings is 2. The largest absolute Gasteiger partial charge is 0.493 e. The second-order valence-corrected chi connectivity index (χ2v) is 5.68. The highest BCUT2D eigenvalue weighted by atomic mass is 16.5. The Morgan fingerprint density at radius 3 is 2.36 bits per heavy atom. The predicted molar refractivity (Wildman–Crippen MR) is 100.0 cm³/mol. The maximum absolute atomic E-state index is 11.8. The SMILES string of the molecule is CCCNC(=O)CNCc1cc(OC)c(OC)cc1-c1ccccc1. The highest BCUT2D eigenvalue weighted by Crippen LogP contribution is 2.35. The lowest BCUT2D eigenvalue weighted by atomic mass is 9.98. The minimum atomic E-state index is 0.00332. The number of hydrogen-bond acceptors (Lipinski definition) is 4. The van der Waals surface area contributed by atoms with Crippen LogP contribution in [0.25, 0.3) is 11.1 Å². The van der Waals surface area contributed by atoms with Gasteiger partial charge >= 0.3 is 0 Å². The van der Waals surface area contributed by atoms with Crippen LogP contribution in [-0.2, 0) is 11.3 Å². The molecule has 0 aliphatic rings. The third-order valence-corrected chi connectivity index (χ3v) is 3.87. The zero-order chi connectivity index (χ0) is 18.1. The van der Waals surface area contributed by atoms with Gasteiger partial charge in [0.05, 0.1) is 20.8 Å². The van der Waals surface area contributed by atoms with E-state index >= 15 is 0 Å². The molecule has 0 aliphatic carbocycles. The van der Waals surface area contributed by atoms with Crippen LogP contribution in [0.4, 0.5) is 0 Å². The summed E-state index contributed by atoms with van der Waals surface area (Å²) in [5, 5.41) is 6.06. The summed E-state index contributed by atoms with van der Waals surface area (Å²) < 4.78 is 10.8. The van der Waals surface area contributed by atoms with E-state index in [9.17, 15) is 4.79 Å². The Labute approximate surface area is 149 Å². The maximum Gasteiger partial charge on any atom is 0.233 e. The molecule has 0 unspecified atom stereocenters. The summed E-state index contributed by atoms with van der Waals surface area (Å²) in [5.41, 5.74) is 3.20. The molecule has 2 aromatic carbocycles. The van der Waals surface area contributed by atoms with Crippen molar-refractivity contribution in [2.75, 3.05) is 27.3 Å². The molecule has 5 heteroatoms. The van der Waals surface area contributed by atoms with E-state index in [4.69, 9.17) is 9.47 Å². The van der Waals surface area contributed by atoms with Gasteiger partial charge < -0.3 is 20.1 Å². The third kappa shape index (κ3) is 5.22. The quantitative estimate of drug-likeness (QED) is 0.735. The highest BCUT2D eigenvalue weighted by Gasteiger charge is 2.13. The fourth-order valence-corrected chi connectivity index (χ4v) is 2.59. The number of carbonyl (C=O) groups excluding carboxylic acids is 1. The molecule has 0 radical (unpaired) electrons. The summed E-state index contributed by atoms with van der Waals surface area (Å²) >= 11 is 0. The van der Waals surface area contributed by atoms with E-state index in [1.54, 1.807) is 14.2 Å². The van der Waals surface area contributed by atoms with Gasteiger partial charge in [0.25, 0.3) is 0 Å². The van der Waals surface area contributed by atoms with Crippen molar-refractivity contribution in [3.63, 3.8) is 0 Å². The molecule has 0 saturated carbocycles. The number of ether oxygens (including phenoxy) is 2. The van der Waals surface area contributed by atoms with Crippen LogP contribution in [0.1, 0.15) is 18.9 Å². The minimum Gasteiger partial charge on any atom is -0.493 e. The van der Waals surface area contributed by atoms with Crippen molar-refractivity contribution in [3.8, 4) is 22.6 Å². The second kappa shape index (κ2) is 9.69. The average molecular weight is 342 g/mol. The van der Waals surface area contributed by atoms with Crippen molar-refractivity contribution < 1.29 is 14.3 Å². The molecular weight excluding hydrogens is 316 g/mol. The molecule has 0 aliphatic heterocycles. The minimum absolute atomic E-state index is 0.00332. The summed E-state index contributed by atoms with van der Waals surface area (Å²) in [5.74, 6) is 1.36. The van der Waals surface area contributed by atoms with Gasteiger partial charge in [-0.1, -0.05) is 37.3 Å². The molecule has 25 heavy (non-hydrogen) atoms. The van der Waals surface area contributed by atoms with E-state index in [0.717, 1.165) is 23.1 Å². The standard InChI is InChI=1S/C20H26N2O3/c1-4-10-22-20(23)14-21-13-16-11-18(24-2)19(25-3)12-17(16)15-8-6-5-7-9-15/h5-9,11-12,21H,4,10,13-14H2,1-3H3,(H,22,23). The van der Waals surface area contributed by atoms with Crippen LogP contribution in [0, 0.1) is 0 Å². The zero-order valence-electron chi connectivity index (χ0n) is 15.1. The van der Waals surface area contributed by atoms with E-state index in [2.05, 4.69) is 22.8 Å². The molecule has 0 atom stereocenters. The Balaban J connectivity index is 2.21. The lowest BCUT2D eigenvalue weighted by Crippen LogP contribution is -2.34. The number of amides is 1. The molecule has 0 heterocycles. The molecule has 0 bridgehead atoms. The van der Waals surface area contributed by atoms with Crippen molar-refractivity contribution >= 4 is 5.91 Å². The van der Waals surface area contributed by atoms with Crippen molar-refractivity contribution in [3.05, 3.63) is 48.0 Å². The molecule has 0 spiro atoms. The Bertz CT molecular complexity index is 687. The number of methoxy groups -OCH3 is 2. The van der Waals surface area contributed by atoms with Gasteiger partial charge in [-0.25, -0.2) is 0 Å². The molecule has 0 aromatic heterocycles. The topological polar surface area (TPSA) is 59.6 Å². The smallest absolute Gasteiger partial charge is 0.233 e. The summed E-state index contributed by atoms with van der Waals surface area (Å²) in [4.78, 5) is 11.8. The van der Waals surface area contributed by atoms with Crippen molar-refractivity contribution in [2.24, 2.45) is 0 Å². The first kappa shape index (κ1) is 18.8. The van der Waals surface area contributed by atoms with Crippen LogP contribution < -0.4 is 20.1 Å². The van der Waals surface area contributed by atoms with Crippen LogP contribution >= 0.6 is 0 Å². The lowest BCUT2D eigenvalue weighted by molar-refractivity contribution is -0.120.